The molecule has 0 aliphatic carbocycles. The standard InChI is InChI=1S/C15H19N5O3/c1-18-9-5-16-14(18)13-11(15(22)23)10-12(21)20(13)8-3-7-19-6-2-4-17-19/h2,4-6,9,11,13H,3,7-8,10H2,1H3,(H,22,23)/t11-,13-/m0/s1. The molecule has 2 aromatic heterocycles. The normalized spacial score (nSPS) is 21.1. The van der Waals surface area contributed by atoms with Crippen LogP contribution in [0.25, 0.3) is 0 Å². The maximum Gasteiger partial charge on any atom is 0.309 e. The van der Waals surface area contributed by atoms with E-state index in [-0.39, 0.29) is 12.3 Å². The van der Waals surface area contributed by atoms with E-state index in [1.54, 1.807) is 32.7 Å². The van der Waals surface area contributed by atoms with Crippen molar-refractivity contribution >= 4 is 11.9 Å². The molecule has 2 atom stereocenters. The van der Waals surface area contributed by atoms with E-state index in [0.717, 1.165) is 0 Å². The van der Waals surface area contributed by atoms with Crippen LogP contribution < -0.4 is 0 Å². The zero-order chi connectivity index (χ0) is 16.4. The van der Waals surface area contributed by atoms with E-state index in [2.05, 4.69) is 10.1 Å². The maximum absolute atomic E-state index is 12.3. The van der Waals surface area contributed by atoms with Crippen LogP contribution >= 0.6 is 0 Å². The highest BCUT2D eigenvalue weighted by Crippen LogP contribution is 2.37. The lowest BCUT2D eigenvalue weighted by Gasteiger charge is -2.26. The molecule has 2 aromatic rings. The molecule has 1 fully saturated rings. The highest BCUT2D eigenvalue weighted by molar-refractivity contribution is 5.87. The Morgan fingerprint density at radius 1 is 1.35 bits per heavy atom. The summed E-state index contributed by atoms with van der Waals surface area (Å²) in [7, 11) is 1.81. The fourth-order valence-electron chi connectivity index (χ4n) is 3.09. The number of carbonyl (C=O) groups excluding carboxylic acids is 1. The molecule has 0 saturated carbocycles. The Morgan fingerprint density at radius 3 is 2.78 bits per heavy atom. The third-order valence-electron chi connectivity index (χ3n) is 4.22. The number of aliphatic carboxylic acids is 1. The van der Waals surface area contributed by atoms with E-state index in [0.29, 0.717) is 25.3 Å². The zero-order valence-corrected chi connectivity index (χ0v) is 12.9. The predicted molar refractivity (Wildman–Crippen MR) is 80.2 cm³/mol. The maximum atomic E-state index is 12.3. The SMILES string of the molecule is Cn1ccnc1[C@@H]1[C@@H](C(=O)O)CC(=O)N1CCCn1cccn1. The number of aromatic nitrogens is 4. The Kier molecular flexibility index (Phi) is 4.14. The van der Waals surface area contributed by atoms with Crippen LogP contribution in [0.4, 0.5) is 0 Å². The van der Waals surface area contributed by atoms with Crippen LogP contribution in [0.2, 0.25) is 0 Å². The molecule has 1 saturated heterocycles. The number of carboxylic acid groups (broad SMARTS) is 1. The number of carbonyl (C=O) groups is 2. The summed E-state index contributed by atoms with van der Waals surface area (Å²) in [5.41, 5.74) is 0. The molecule has 0 bridgehead atoms. The van der Waals surface area contributed by atoms with Gasteiger partial charge < -0.3 is 14.6 Å². The summed E-state index contributed by atoms with van der Waals surface area (Å²) in [5.74, 6) is -1.23. The van der Waals surface area contributed by atoms with Gasteiger partial charge in [0.15, 0.2) is 0 Å². The monoisotopic (exact) mass is 317 g/mol. The van der Waals surface area contributed by atoms with Gasteiger partial charge in [0, 0.05) is 51.3 Å². The number of hydrogen-bond donors (Lipinski definition) is 1. The Bertz CT molecular complexity index is 694. The van der Waals surface area contributed by atoms with E-state index in [4.69, 9.17) is 0 Å². The van der Waals surface area contributed by atoms with Gasteiger partial charge in [0.2, 0.25) is 5.91 Å². The summed E-state index contributed by atoms with van der Waals surface area (Å²) < 4.78 is 3.57. The minimum atomic E-state index is -0.957. The van der Waals surface area contributed by atoms with Gasteiger partial charge in [-0.3, -0.25) is 14.3 Å². The molecule has 0 radical (unpaired) electrons. The highest BCUT2D eigenvalue weighted by atomic mass is 16.4. The van der Waals surface area contributed by atoms with Gasteiger partial charge in [0.1, 0.15) is 11.9 Å². The van der Waals surface area contributed by atoms with Crippen molar-refractivity contribution in [3.8, 4) is 0 Å². The third-order valence-corrected chi connectivity index (χ3v) is 4.22. The first kappa shape index (κ1) is 15.3. The number of carboxylic acids is 1. The van der Waals surface area contributed by atoms with Gasteiger partial charge in [-0.25, -0.2) is 4.98 Å². The second kappa shape index (κ2) is 6.23. The summed E-state index contributed by atoms with van der Waals surface area (Å²) in [5, 5.41) is 13.6. The molecule has 3 rings (SSSR count). The molecule has 1 N–H and O–H groups in total. The second-order valence-electron chi connectivity index (χ2n) is 5.70. The van der Waals surface area contributed by atoms with Crippen molar-refractivity contribution in [2.45, 2.75) is 25.4 Å². The second-order valence-corrected chi connectivity index (χ2v) is 5.70. The van der Waals surface area contributed by atoms with E-state index < -0.39 is 17.9 Å². The minimum absolute atomic E-state index is 0.0225. The van der Waals surface area contributed by atoms with Gasteiger partial charge in [-0.15, -0.1) is 0 Å². The number of aryl methyl sites for hydroxylation is 2. The quantitative estimate of drug-likeness (QED) is 0.845. The van der Waals surface area contributed by atoms with Gasteiger partial charge in [0.25, 0.3) is 0 Å². The van der Waals surface area contributed by atoms with Gasteiger partial charge in [-0.05, 0) is 12.5 Å². The largest absolute Gasteiger partial charge is 0.481 e. The van der Waals surface area contributed by atoms with E-state index in [9.17, 15) is 14.7 Å². The fraction of sp³-hybridized carbons (Fsp3) is 0.467. The lowest BCUT2D eigenvalue weighted by atomic mass is 10.00. The van der Waals surface area contributed by atoms with Crippen LogP contribution in [0.5, 0.6) is 0 Å². The number of amides is 1. The zero-order valence-electron chi connectivity index (χ0n) is 12.9. The Labute approximate surface area is 133 Å². The van der Waals surface area contributed by atoms with Crippen molar-refractivity contribution in [2.24, 2.45) is 13.0 Å². The van der Waals surface area contributed by atoms with Crippen molar-refractivity contribution in [1.29, 1.82) is 0 Å². The molecule has 8 heteroatoms. The number of imidazole rings is 1. The average Bonchev–Trinajstić information content (AvgIpc) is 3.21. The molecule has 8 nitrogen and oxygen atoms in total. The van der Waals surface area contributed by atoms with Crippen LogP contribution in [0.1, 0.15) is 24.7 Å². The minimum Gasteiger partial charge on any atom is -0.481 e. The first-order valence-corrected chi connectivity index (χ1v) is 7.55. The molecule has 3 heterocycles. The molecular weight excluding hydrogens is 298 g/mol. The Hall–Kier alpha value is -2.64. The molecule has 0 spiro atoms. The number of likely N-dealkylation sites (tertiary alicyclic amines) is 1. The highest BCUT2D eigenvalue weighted by Gasteiger charge is 2.46. The van der Waals surface area contributed by atoms with Crippen molar-refractivity contribution in [3.05, 3.63) is 36.7 Å². The van der Waals surface area contributed by atoms with Gasteiger partial charge in [0.05, 0.1) is 5.92 Å². The number of rotatable bonds is 6. The summed E-state index contributed by atoms with van der Waals surface area (Å²) in [6, 6.07) is 1.33. The lowest BCUT2D eigenvalue weighted by molar-refractivity contribution is -0.142. The first-order valence-electron chi connectivity index (χ1n) is 7.55. The lowest BCUT2D eigenvalue weighted by Crippen LogP contribution is -2.33. The van der Waals surface area contributed by atoms with Crippen molar-refractivity contribution in [2.75, 3.05) is 6.54 Å². The first-order chi connectivity index (χ1) is 11.1. The molecule has 23 heavy (non-hydrogen) atoms. The fourth-order valence-corrected chi connectivity index (χ4v) is 3.09. The predicted octanol–water partition coefficient (Wildman–Crippen LogP) is 0.681. The van der Waals surface area contributed by atoms with Crippen LogP contribution in [-0.4, -0.2) is 47.8 Å². The van der Waals surface area contributed by atoms with E-state index in [1.807, 2.05) is 19.3 Å². The molecule has 122 valence electrons. The molecular formula is C15H19N5O3. The van der Waals surface area contributed by atoms with Crippen molar-refractivity contribution < 1.29 is 14.7 Å². The van der Waals surface area contributed by atoms with Gasteiger partial charge >= 0.3 is 5.97 Å². The Balaban J connectivity index is 1.77. The van der Waals surface area contributed by atoms with Gasteiger partial charge in [-0.2, -0.15) is 5.10 Å². The molecule has 0 unspecified atom stereocenters. The van der Waals surface area contributed by atoms with Gasteiger partial charge in [-0.1, -0.05) is 0 Å². The molecule has 1 aliphatic heterocycles. The smallest absolute Gasteiger partial charge is 0.309 e. The molecule has 0 aromatic carbocycles. The average molecular weight is 317 g/mol. The summed E-state index contributed by atoms with van der Waals surface area (Å²) in [4.78, 5) is 29.7. The van der Waals surface area contributed by atoms with E-state index in [1.165, 1.54) is 0 Å². The summed E-state index contributed by atoms with van der Waals surface area (Å²) >= 11 is 0. The molecule has 1 aliphatic rings. The van der Waals surface area contributed by atoms with E-state index >= 15 is 0 Å². The number of nitrogens with zero attached hydrogens (tertiary/aromatic N) is 5. The number of hydrogen-bond acceptors (Lipinski definition) is 4. The third kappa shape index (κ3) is 2.96. The Morgan fingerprint density at radius 2 is 2.17 bits per heavy atom. The summed E-state index contributed by atoms with van der Waals surface area (Å²) in [6.07, 6.45) is 7.69. The summed E-state index contributed by atoms with van der Waals surface area (Å²) in [6.45, 7) is 1.17. The van der Waals surface area contributed by atoms with Crippen LogP contribution in [0, 0.1) is 5.92 Å². The van der Waals surface area contributed by atoms with Crippen molar-refractivity contribution in [3.63, 3.8) is 0 Å². The topological polar surface area (TPSA) is 93.2 Å². The van der Waals surface area contributed by atoms with Crippen LogP contribution in [0.15, 0.2) is 30.9 Å². The molecule has 1 amide bonds. The van der Waals surface area contributed by atoms with Crippen LogP contribution in [0.3, 0.4) is 0 Å². The van der Waals surface area contributed by atoms with Crippen molar-refractivity contribution in [1.82, 2.24) is 24.2 Å². The van der Waals surface area contributed by atoms with Crippen LogP contribution in [-0.2, 0) is 23.2 Å².